The lowest BCUT2D eigenvalue weighted by Crippen LogP contribution is -1.83. The number of rotatable bonds is 2. The molecule has 0 amide bonds. The van der Waals surface area contributed by atoms with Crippen molar-refractivity contribution >= 4 is 34.3 Å². The van der Waals surface area contributed by atoms with Gasteiger partial charge in [0.1, 0.15) is 0 Å². The molecule has 0 aliphatic carbocycles. The fourth-order valence-corrected chi connectivity index (χ4v) is 3.66. The van der Waals surface area contributed by atoms with Gasteiger partial charge in [0.2, 0.25) is 0 Å². The van der Waals surface area contributed by atoms with Gasteiger partial charge in [-0.05, 0) is 18.9 Å². The Morgan fingerprint density at radius 1 is 1.57 bits per heavy atom. The number of carbonyl (C=O) groups is 1. The quantitative estimate of drug-likeness (QED) is 0.714. The Morgan fingerprint density at radius 2 is 2.36 bits per heavy atom. The van der Waals surface area contributed by atoms with Crippen LogP contribution in [-0.4, -0.2) is 12.0 Å². The van der Waals surface area contributed by atoms with Gasteiger partial charge >= 0.3 is 0 Å². The molecule has 1 aromatic rings. The van der Waals surface area contributed by atoms with Gasteiger partial charge < -0.3 is 0 Å². The van der Waals surface area contributed by atoms with Crippen molar-refractivity contribution < 1.29 is 4.79 Å². The lowest BCUT2D eigenvalue weighted by Gasteiger charge is -1.97. The van der Waals surface area contributed by atoms with Crippen LogP contribution in [0.1, 0.15) is 27.0 Å². The van der Waals surface area contributed by atoms with Crippen LogP contribution in [-0.2, 0) is 0 Å². The van der Waals surface area contributed by atoms with Crippen LogP contribution < -0.4 is 0 Å². The number of carbonyl (C=O) groups excluding carboxylic acids is 1. The van der Waals surface area contributed by atoms with Crippen molar-refractivity contribution in [2.45, 2.75) is 13.8 Å². The first-order chi connectivity index (χ1) is 6.70. The summed E-state index contributed by atoms with van der Waals surface area (Å²) in [7, 11) is 0. The van der Waals surface area contributed by atoms with Crippen molar-refractivity contribution in [3.05, 3.63) is 27.5 Å². The Hall–Kier alpha value is -0.540. The van der Waals surface area contributed by atoms with E-state index in [1.165, 1.54) is 9.78 Å². The second-order valence-corrected chi connectivity index (χ2v) is 5.92. The first-order valence-corrected chi connectivity index (χ1v) is 6.41. The molecule has 0 N–H and O–H groups in total. The number of hydrogen-bond acceptors (Lipinski definition) is 3. The van der Waals surface area contributed by atoms with Crippen molar-refractivity contribution in [3.8, 4) is 0 Å². The van der Waals surface area contributed by atoms with Crippen molar-refractivity contribution in [2.24, 2.45) is 5.92 Å². The van der Waals surface area contributed by atoms with Gasteiger partial charge in [-0.25, -0.2) is 0 Å². The number of thioether (sulfide) groups is 1. The summed E-state index contributed by atoms with van der Waals surface area (Å²) >= 11 is 3.44. The van der Waals surface area contributed by atoms with E-state index in [4.69, 9.17) is 0 Å². The summed E-state index contributed by atoms with van der Waals surface area (Å²) in [5.74, 6) is 1.78. The molecule has 1 unspecified atom stereocenters. The third kappa shape index (κ3) is 1.79. The second-order valence-electron chi connectivity index (χ2n) is 3.57. The Morgan fingerprint density at radius 3 is 2.93 bits per heavy atom. The van der Waals surface area contributed by atoms with Crippen molar-refractivity contribution in [2.75, 3.05) is 5.75 Å². The lowest BCUT2D eigenvalue weighted by molar-refractivity contribution is 0.112. The molecule has 0 saturated heterocycles. The largest absolute Gasteiger partial charge is 0.297 e. The molecule has 1 aliphatic heterocycles. The highest BCUT2D eigenvalue weighted by Gasteiger charge is 2.17. The van der Waals surface area contributed by atoms with E-state index in [9.17, 15) is 4.79 Å². The molecule has 0 saturated carbocycles. The van der Waals surface area contributed by atoms with Crippen LogP contribution in [0, 0.1) is 12.8 Å². The van der Waals surface area contributed by atoms with Crippen LogP contribution in [0.5, 0.6) is 0 Å². The van der Waals surface area contributed by atoms with E-state index in [0.717, 1.165) is 22.5 Å². The zero-order valence-corrected chi connectivity index (χ0v) is 9.87. The summed E-state index contributed by atoms with van der Waals surface area (Å²) in [6, 6.07) is 2.12. The summed E-state index contributed by atoms with van der Waals surface area (Å²) in [5.41, 5.74) is 1.14. The minimum atomic E-state index is 0.634. The molecule has 0 radical (unpaired) electrons. The number of allylic oxidation sites excluding steroid dienone is 1. The predicted octanol–water partition coefficient (Wildman–Crippen LogP) is 3.59. The standard InChI is InChI=1S/C11H12OS2/c1-7-3-10(13-6-7)9-4-8(2)14-11(9)5-12/h3-5,7H,6H2,1-2H3. The average molecular weight is 224 g/mol. The van der Waals surface area contributed by atoms with Crippen molar-refractivity contribution in [3.63, 3.8) is 0 Å². The molecule has 0 fully saturated rings. The average Bonchev–Trinajstić information content (AvgIpc) is 2.71. The molecule has 3 heteroatoms. The van der Waals surface area contributed by atoms with E-state index < -0.39 is 0 Å². The molecule has 2 rings (SSSR count). The fourth-order valence-electron chi connectivity index (χ4n) is 1.56. The van der Waals surface area contributed by atoms with Crippen LogP contribution in [0.2, 0.25) is 0 Å². The predicted molar refractivity (Wildman–Crippen MR) is 64.0 cm³/mol. The van der Waals surface area contributed by atoms with Gasteiger partial charge in [-0.15, -0.1) is 23.1 Å². The number of thiophene rings is 1. The van der Waals surface area contributed by atoms with Gasteiger partial charge in [0.25, 0.3) is 0 Å². The maximum Gasteiger partial charge on any atom is 0.160 e. The van der Waals surface area contributed by atoms with Crippen molar-refractivity contribution in [1.82, 2.24) is 0 Å². The van der Waals surface area contributed by atoms with Crippen LogP contribution in [0.3, 0.4) is 0 Å². The highest BCUT2D eigenvalue weighted by molar-refractivity contribution is 8.08. The SMILES string of the molecule is Cc1cc(C2=CC(C)CS2)c(C=O)s1. The molecule has 2 heterocycles. The van der Waals surface area contributed by atoms with E-state index >= 15 is 0 Å². The first kappa shape index (κ1) is 9.99. The van der Waals surface area contributed by atoms with Gasteiger partial charge in [-0.2, -0.15) is 0 Å². The Balaban J connectivity index is 2.40. The highest BCUT2D eigenvalue weighted by atomic mass is 32.2. The van der Waals surface area contributed by atoms with Crippen LogP contribution >= 0.6 is 23.1 Å². The van der Waals surface area contributed by atoms with Crippen LogP contribution in [0.15, 0.2) is 12.1 Å². The Labute approximate surface area is 92.2 Å². The normalized spacial score (nSPS) is 21.0. The summed E-state index contributed by atoms with van der Waals surface area (Å²) < 4.78 is 0. The summed E-state index contributed by atoms with van der Waals surface area (Å²) in [6.07, 6.45) is 3.23. The van der Waals surface area contributed by atoms with Crippen LogP contribution in [0.4, 0.5) is 0 Å². The minimum Gasteiger partial charge on any atom is -0.297 e. The molecule has 0 spiro atoms. The monoisotopic (exact) mass is 224 g/mol. The second kappa shape index (κ2) is 3.91. The number of aldehydes is 1. The summed E-state index contributed by atoms with van der Waals surface area (Å²) in [6.45, 7) is 4.25. The lowest BCUT2D eigenvalue weighted by atomic mass is 10.1. The fraction of sp³-hybridized carbons (Fsp3) is 0.364. The molecule has 1 aromatic heterocycles. The van der Waals surface area contributed by atoms with Gasteiger partial charge in [-0.3, -0.25) is 4.79 Å². The van der Waals surface area contributed by atoms with E-state index in [2.05, 4.69) is 19.1 Å². The summed E-state index contributed by atoms with van der Waals surface area (Å²) in [4.78, 5) is 14.2. The molecular formula is C11H12OS2. The Bertz CT molecular complexity index is 390. The van der Waals surface area contributed by atoms with Gasteiger partial charge in [0.15, 0.2) is 6.29 Å². The van der Waals surface area contributed by atoms with E-state index in [0.29, 0.717) is 5.92 Å². The zero-order valence-electron chi connectivity index (χ0n) is 8.24. The minimum absolute atomic E-state index is 0.634. The molecule has 74 valence electrons. The third-order valence-electron chi connectivity index (χ3n) is 2.19. The van der Waals surface area contributed by atoms with E-state index in [1.807, 2.05) is 18.7 Å². The van der Waals surface area contributed by atoms with Gasteiger partial charge in [0.05, 0.1) is 4.88 Å². The topological polar surface area (TPSA) is 17.1 Å². The molecule has 14 heavy (non-hydrogen) atoms. The smallest absolute Gasteiger partial charge is 0.160 e. The molecule has 1 aliphatic rings. The molecular weight excluding hydrogens is 212 g/mol. The van der Waals surface area contributed by atoms with E-state index in [1.54, 1.807) is 11.3 Å². The maximum atomic E-state index is 10.9. The zero-order chi connectivity index (χ0) is 10.1. The molecule has 1 nitrogen and oxygen atoms in total. The number of hydrogen-bond donors (Lipinski definition) is 0. The summed E-state index contributed by atoms with van der Waals surface area (Å²) in [5, 5.41) is 0. The molecule has 0 aromatic carbocycles. The van der Waals surface area contributed by atoms with Gasteiger partial charge in [0, 0.05) is 21.1 Å². The first-order valence-electron chi connectivity index (χ1n) is 4.61. The highest BCUT2D eigenvalue weighted by Crippen LogP contribution is 2.40. The molecule has 0 bridgehead atoms. The molecule has 1 atom stereocenters. The van der Waals surface area contributed by atoms with E-state index in [-0.39, 0.29) is 0 Å². The maximum absolute atomic E-state index is 10.9. The van der Waals surface area contributed by atoms with Gasteiger partial charge in [-0.1, -0.05) is 13.0 Å². The van der Waals surface area contributed by atoms with Crippen molar-refractivity contribution in [1.29, 1.82) is 0 Å². The third-order valence-corrected chi connectivity index (χ3v) is 4.53. The van der Waals surface area contributed by atoms with Crippen LogP contribution in [0.25, 0.3) is 4.91 Å². The Kier molecular flexibility index (Phi) is 2.79. The number of aryl methyl sites for hydroxylation is 1.